The molecule has 0 amide bonds. The summed E-state index contributed by atoms with van der Waals surface area (Å²) in [5.74, 6) is -2.35. The second kappa shape index (κ2) is 6.96. The van der Waals surface area contributed by atoms with E-state index in [9.17, 15) is 27.3 Å². The van der Waals surface area contributed by atoms with Crippen LogP contribution in [0.2, 0.25) is 0 Å². The van der Waals surface area contributed by atoms with Gasteiger partial charge in [-0.05, 0) is 24.3 Å². The topological polar surface area (TPSA) is 83.8 Å². The normalized spacial score (nSPS) is 15.8. The molecule has 0 spiro atoms. The number of hydrogen-bond acceptors (Lipinski definition) is 5. The Morgan fingerprint density at radius 2 is 1.62 bits per heavy atom. The van der Waals surface area contributed by atoms with Gasteiger partial charge in [0.15, 0.2) is 11.6 Å². The molecular weight excluding hydrogens is 368 g/mol. The zero-order valence-corrected chi connectivity index (χ0v) is 14.3. The third-order valence-electron chi connectivity index (χ3n) is 4.19. The predicted molar refractivity (Wildman–Crippen MR) is 90.4 cm³/mol. The number of para-hydroxylation sites is 2. The van der Waals surface area contributed by atoms with Crippen molar-refractivity contribution in [3.63, 3.8) is 0 Å². The first-order valence-electron chi connectivity index (χ1n) is 7.74. The van der Waals surface area contributed by atoms with Crippen molar-refractivity contribution >= 4 is 21.4 Å². The lowest BCUT2D eigenvalue weighted by molar-refractivity contribution is -0.384. The van der Waals surface area contributed by atoms with Gasteiger partial charge in [-0.3, -0.25) is 10.1 Å². The molecule has 2 aromatic rings. The molecule has 0 aromatic heterocycles. The molecule has 10 heteroatoms. The minimum absolute atomic E-state index is 0.0515. The van der Waals surface area contributed by atoms with Crippen molar-refractivity contribution in [3.8, 4) is 0 Å². The minimum atomic E-state index is -3.97. The summed E-state index contributed by atoms with van der Waals surface area (Å²) < 4.78 is 52.7. The molecule has 0 atom stereocenters. The molecule has 3 rings (SSSR count). The van der Waals surface area contributed by atoms with E-state index < -0.39 is 26.6 Å². The molecule has 0 saturated carbocycles. The molecule has 138 valence electrons. The van der Waals surface area contributed by atoms with E-state index in [0.29, 0.717) is 11.8 Å². The van der Waals surface area contributed by atoms with Gasteiger partial charge in [0.25, 0.3) is 5.69 Å². The summed E-state index contributed by atoms with van der Waals surface area (Å²) in [6, 6.07) is 8.67. The van der Waals surface area contributed by atoms with Crippen LogP contribution < -0.4 is 4.90 Å². The van der Waals surface area contributed by atoms with Gasteiger partial charge < -0.3 is 4.90 Å². The Balaban J connectivity index is 1.78. The Morgan fingerprint density at radius 1 is 0.962 bits per heavy atom. The summed E-state index contributed by atoms with van der Waals surface area (Å²) in [7, 11) is -3.97. The Hall–Kier alpha value is -2.59. The van der Waals surface area contributed by atoms with Gasteiger partial charge in [-0.2, -0.15) is 4.31 Å². The van der Waals surface area contributed by atoms with Crippen molar-refractivity contribution in [2.75, 3.05) is 31.1 Å². The zero-order chi connectivity index (χ0) is 18.9. The van der Waals surface area contributed by atoms with Gasteiger partial charge in [0, 0.05) is 32.2 Å². The van der Waals surface area contributed by atoms with Crippen LogP contribution in [-0.4, -0.2) is 43.8 Å². The second-order valence-electron chi connectivity index (χ2n) is 5.71. The van der Waals surface area contributed by atoms with Crippen LogP contribution in [0.3, 0.4) is 0 Å². The van der Waals surface area contributed by atoms with Crippen LogP contribution in [0.15, 0.2) is 47.4 Å². The zero-order valence-electron chi connectivity index (χ0n) is 13.5. The van der Waals surface area contributed by atoms with Crippen molar-refractivity contribution in [2.45, 2.75) is 4.90 Å². The highest BCUT2D eigenvalue weighted by Crippen LogP contribution is 2.29. The van der Waals surface area contributed by atoms with Crippen LogP contribution >= 0.6 is 0 Å². The predicted octanol–water partition coefficient (Wildman–Crippen LogP) is 2.38. The lowest BCUT2D eigenvalue weighted by atomic mass is 10.2. The van der Waals surface area contributed by atoms with E-state index in [1.807, 2.05) is 0 Å². The van der Waals surface area contributed by atoms with Crippen LogP contribution in [0, 0.1) is 21.7 Å². The summed E-state index contributed by atoms with van der Waals surface area (Å²) in [6.07, 6.45) is 0. The van der Waals surface area contributed by atoms with Crippen molar-refractivity contribution in [2.24, 2.45) is 0 Å². The molecule has 0 unspecified atom stereocenters. The van der Waals surface area contributed by atoms with Crippen molar-refractivity contribution in [1.82, 2.24) is 4.31 Å². The van der Waals surface area contributed by atoms with E-state index in [2.05, 4.69) is 0 Å². The maximum absolute atomic E-state index is 13.4. The molecule has 0 aliphatic carbocycles. The Bertz CT molecular complexity index is 944. The number of nitro benzene ring substituents is 1. The number of benzene rings is 2. The van der Waals surface area contributed by atoms with Crippen LogP contribution in [0.1, 0.15) is 0 Å². The van der Waals surface area contributed by atoms with E-state index in [-0.39, 0.29) is 36.8 Å². The van der Waals surface area contributed by atoms with E-state index in [1.54, 1.807) is 23.1 Å². The molecule has 1 aliphatic heterocycles. The first-order chi connectivity index (χ1) is 12.3. The molecule has 0 bridgehead atoms. The SMILES string of the molecule is O=[N+]([O-])c1ccccc1N1CCN(S(=O)(=O)c2ccc(F)c(F)c2)CC1. The van der Waals surface area contributed by atoms with E-state index in [4.69, 9.17) is 0 Å². The maximum atomic E-state index is 13.4. The highest BCUT2D eigenvalue weighted by Gasteiger charge is 2.31. The molecule has 2 aromatic carbocycles. The van der Waals surface area contributed by atoms with Crippen molar-refractivity contribution in [3.05, 3.63) is 64.2 Å². The highest BCUT2D eigenvalue weighted by molar-refractivity contribution is 7.89. The van der Waals surface area contributed by atoms with Crippen LogP contribution in [0.4, 0.5) is 20.2 Å². The monoisotopic (exact) mass is 383 g/mol. The first kappa shape index (κ1) is 18.2. The number of piperazine rings is 1. The quantitative estimate of drug-likeness (QED) is 0.598. The van der Waals surface area contributed by atoms with Gasteiger partial charge in [-0.1, -0.05) is 12.1 Å². The number of nitrogens with zero attached hydrogens (tertiary/aromatic N) is 3. The molecular formula is C16H15F2N3O4S. The molecule has 0 N–H and O–H groups in total. The van der Waals surface area contributed by atoms with Crippen molar-refractivity contribution < 1.29 is 22.1 Å². The van der Waals surface area contributed by atoms with Gasteiger partial charge in [0.05, 0.1) is 9.82 Å². The van der Waals surface area contributed by atoms with Crippen LogP contribution in [-0.2, 0) is 10.0 Å². The number of nitro groups is 1. The van der Waals surface area contributed by atoms with Gasteiger partial charge in [-0.15, -0.1) is 0 Å². The fraction of sp³-hybridized carbons (Fsp3) is 0.250. The van der Waals surface area contributed by atoms with E-state index >= 15 is 0 Å². The minimum Gasteiger partial charge on any atom is -0.363 e. The lowest BCUT2D eigenvalue weighted by Gasteiger charge is -2.35. The van der Waals surface area contributed by atoms with Crippen LogP contribution in [0.5, 0.6) is 0 Å². The average Bonchev–Trinajstić information content (AvgIpc) is 2.64. The molecule has 1 heterocycles. The molecule has 1 fully saturated rings. The molecule has 1 aliphatic rings. The highest BCUT2D eigenvalue weighted by atomic mass is 32.2. The van der Waals surface area contributed by atoms with E-state index in [0.717, 1.165) is 16.4 Å². The Kier molecular flexibility index (Phi) is 4.88. The Labute approximate surface area is 148 Å². The fourth-order valence-corrected chi connectivity index (χ4v) is 4.28. The fourth-order valence-electron chi connectivity index (χ4n) is 2.84. The standard InChI is InChI=1S/C16H15F2N3O4S/c17-13-6-5-12(11-14(13)18)26(24,25)20-9-7-19(8-10-20)15-3-1-2-4-16(15)21(22)23/h1-6,11H,7-10H2. The number of sulfonamides is 1. The molecule has 0 radical (unpaired) electrons. The third kappa shape index (κ3) is 3.37. The average molecular weight is 383 g/mol. The smallest absolute Gasteiger partial charge is 0.292 e. The number of hydrogen-bond donors (Lipinski definition) is 0. The van der Waals surface area contributed by atoms with Crippen molar-refractivity contribution in [1.29, 1.82) is 0 Å². The summed E-state index contributed by atoms with van der Waals surface area (Å²) in [5.41, 5.74) is 0.367. The third-order valence-corrected chi connectivity index (χ3v) is 6.08. The van der Waals surface area contributed by atoms with Gasteiger partial charge >= 0.3 is 0 Å². The molecule has 26 heavy (non-hydrogen) atoms. The van der Waals surface area contributed by atoms with Crippen LogP contribution in [0.25, 0.3) is 0 Å². The lowest BCUT2D eigenvalue weighted by Crippen LogP contribution is -2.48. The first-order valence-corrected chi connectivity index (χ1v) is 9.18. The largest absolute Gasteiger partial charge is 0.363 e. The Morgan fingerprint density at radius 3 is 2.23 bits per heavy atom. The van der Waals surface area contributed by atoms with Gasteiger partial charge in [0.1, 0.15) is 5.69 Å². The summed E-state index contributed by atoms with van der Waals surface area (Å²) in [6.45, 7) is 0.641. The van der Waals surface area contributed by atoms with E-state index in [1.165, 1.54) is 6.07 Å². The number of anilines is 1. The summed E-state index contributed by atoms with van der Waals surface area (Å²) in [5, 5.41) is 11.1. The second-order valence-corrected chi connectivity index (χ2v) is 7.65. The van der Waals surface area contributed by atoms with Gasteiger partial charge in [0.2, 0.25) is 10.0 Å². The summed E-state index contributed by atoms with van der Waals surface area (Å²) >= 11 is 0. The molecule has 7 nitrogen and oxygen atoms in total. The molecule has 1 saturated heterocycles. The number of halogens is 2. The summed E-state index contributed by atoms with van der Waals surface area (Å²) in [4.78, 5) is 12.1. The number of rotatable bonds is 4. The maximum Gasteiger partial charge on any atom is 0.292 e. The van der Waals surface area contributed by atoms with Gasteiger partial charge in [-0.25, -0.2) is 17.2 Å².